The van der Waals surface area contributed by atoms with Crippen LogP contribution >= 0.6 is 0 Å². The molecular weight excluding hydrogens is 262 g/mol. The predicted octanol–water partition coefficient (Wildman–Crippen LogP) is 2.92. The maximum absolute atomic E-state index is 5.83. The Balaban J connectivity index is 1.37. The molecule has 1 aromatic carbocycles. The molecule has 2 aromatic rings. The lowest BCUT2D eigenvalue weighted by Crippen LogP contribution is -2.21. The number of hydrogen-bond donors (Lipinski definition) is 1. The van der Waals surface area contributed by atoms with Crippen molar-refractivity contribution in [1.82, 2.24) is 15.1 Å². The summed E-state index contributed by atoms with van der Waals surface area (Å²) in [4.78, 5) is 0. The number of nitrogens with zero attached hydrogens (tertiary/aromatic N) is 2. The molecular formula is C17H23N3O. The van der Waals surface area contributed by atoms with Gasteiger partial charge in [0.15, 0.2) is 0 Å². The van der Waals surface area contributed by atoms with Crippen LogP contribution in [0.15, 0.2) is 42.7 Å². The number of aromatic nitrogens is 2. The Labute approximate surface area is 126 Å². The van der Waals surface area contributed by atoms with Gasteiger partial charge in [0.05, 0.1) is 18.4 Å². The zero-order valence-electron chi connectivity index (χ0n) is 12.4. The average molecular weight is 285 g/mol. The Bertz CT molecular complexity index is 515. The molecule has 4 heteroatoms. The Morgan fingerprint density at radius 2 is 2.00 bits per heavy atom. The highest BCUT2D eigenvalue weighted by atomic mass is 16.5. The van der Waals surface area contributed by atoms with Crippen LogP contribution in [0.5, 0.6) is 0 Å². The van der Waals surface area contributed by atoms with Crippen molar-refractivity contribution >= 4 is 0 Å². The molecule has 1 aromatic heterocycles. The van der Waals surface area contributed by atoms with Gasteiger partial charge in [0.1, 0.15) is 0 Å². The van der Waals surface area contributed by atoms with Crippen molar-refractivity contribution in [2.45, 2.75) is 38.3 Å². The third-order valence-electron chi connectivity index (χ3n) is 3.97. The predicted molar refractivity (Wildman–Crippen MR) is 83.5 cm³/mol. The van der Waals surface area contributed by atoms with E-state index >= 15 is 0 Å². The molecule has 1 aliphatic carbocycles. The molecule has 0 bridgehead atoms. The molecule has 4 nitrogen and oxygen atoms in total. The maximum atomic E-state index is 5.83. The minimum Gasteiger partial charge on any atom is -0.377 e. The normalized spacial score (nSPS) is 15.6. The summed E-state index contributed by atoms with van der Waals surface area (Å²) < 4.78 is 7.70. The fraction of sp³-hybridized carbons (Fsp3) is 0.471. The minimum absolute atomic E-state index is 0.514. The van der Waals surface area contributed by atoms with Crippen LogP contribution in [0.25, 0.3) is 5.69 Å². The van der Waals surface area contributed by atoms with Crippen LogP contribution in [-0.4, -0.2) is 29.0 Å². The number of ether oxygens (including phenoxy) is 1. The Morgan fingerprint density at radius 1 is 1.19 bits per heavy atom. The molecule has 1 fully saturated rings. The summed E-state index contributed by atoms with van der Waals surface area (Å²) in [6.45, 7) is 2.61. The summed E-state index contributed by atoms with van der Waals surface area (Å²) in [6.07, 6.45) is 9.42. The summed E-state index contributed by atoms with van der Waals surface area (Å²) >= 11 is 0. The number of hydrogen-bond acceptors (Lipinski definition) is 3. The molecule has 3 rings (SSSR count). The van der Waals surface area contributed by atoms with Gasteiger partial charge in [-0.05, 0) is 36.6 Å². The van der Waals surface area contributed by atoms with Crippen molar-refractivity contribution in [3.63, 3.8) is 0 Å². The van der Waals surface area contributed by atoms with Crippen molar-refractivity contribution in [3.8, 4) is 5.69 Å². The molecule has 0 unspecified atom stereocenters. The van der Waals surface area contributed by atoms with Crippen molar-refractivity contribution < 1.29 is 4.74 Å². The summed E-state index contributed by atoms with van der Waals surface area (Å²) in [5.41, 5.74) is 2.38. The SMILES string of the molecule is c1cnn(-c2ccc(CNCCOC3CCCC3)cc2)c1. The quantitative estimate of drug-likeness (QED) is 0.795. The lowest BCUT2D eigenvalue weighted by molar-refractivity contribution is 0.0603. The molecule has 0 aliphatic heterocycles. The molecule has 0 saturated heterocycles. The van der Waals surface area contributed by atoms with E-state index in [0.717, 1.165) is 25.4 Å². The van der Waals surface area contributed by atoms with Crippen LogP contribution in [-0.2, 0) is 11.3 Å². The number of benzene rings is 1. The second kappa shape index (κ2) is 7.38. The first-order valence-electron chi connectivity index (χ1n) is 7.83. The molecule has 0 radical (unpaired) electrons. The molecule has 0 spiro atoms. The van der Waals surface area contributed by atoms with Crippen LogP contribution in [0.1, 0.15) is 31.2 Å². The fourth-order valence-corrected chi connectivity index (χ4v) is 2.77. The average Bonchev–Trinajstić information content (AvgIpc) is 3.21. The highest BCUT2D eigenvalue weighted by Gasteiger charge is 2.14. The van der Waals surface area contributed by atoms with Gasteiger partial charge in [0, 0.05) is 25.5 Å². The van der Waals surface area contributed by atoms with Gasteiger partial charge in [-0.15, -0.1) is 0 Å². The summed E-state index contributed by atoms with van der Waals surface area (Å²) in [7, 11) is 0. The van der Waals surface area contributed by atoms with E-state index < -0.39 is 0 Å². The van der Waals surface area contributed by atoms with Gasteiger partial charge >= 0.3 is 0 Å². The third-order valence-corrected chi connectivity index (χ3v) is 3.97. The highest BCUT2D eigenvalue weighted by Crippen LogP contribution is 2.20. The highest BCUT2D eigenvalue weighted by molar-refractivity contribution is 5.33. The molecule has 112 valence electrons. The van der Waals surface area contributed by atoms with Crippen LogP contribution in [0.2, 0.25) is 0 Å². The minimum atomic E-state index is 0.514. The molecule has 1 saturated carbocycles. The largest absolute Gasteiger partial charge is 0.377 e. The standard InChI is InChI=1S/C17H23N3O/c1-2-5-17(4-1)21-13-11-18-14-15-6-8-16(9-7-15)20-12-3-10-19-20/h3,6-10,12,17-18H,1-2,4-5,11,13-14H2. The number of rotatable bonds is 7. The Morgan fingerprint density at radius 3 is 2.71 bits per heavy atom. The van der Waals surface area contributed by atoms with Crippen LogP contribution < -0.4 is 5.32 Å². The lowest BCUT2D eigenvalue weighted by atomic mass is 10.2. The van der Waals surface area contributed by atoms with Crippen molar-refractivity contribution in [2.75, 3.05) is 13.2 Å². The van der Waals surface area contributed by atoms with E-state index in [-0.39, 0.29) is 0 Å². The van der Waals surface area contributed by atoms with Crippen LogP contribution in [0.4, 0.5) is 0 Å². The monoisotopic (exact) mass is 285 g/mol. The maximum Gasteiger partial charge on any atom is 0.0645 e. The fourth-order valence-electron chi connectivity index (χ4n) is 2.77. The second-order valence-corrected chi connectivity index (χ2v) is 5.57. The number of nitrogens with one attached hydrogen (secondary N) is 1. The third kappa shape index (κ3) is 4.16. The van der Waals surface area contributed by atoms with E-state index in [1.807, 2.05) is 16.9 Å². The zero-order valence-corrected chi connectivity index (χ0v) is 12.4. The van der Waals surface area contributed by atoms with E-state index in [1.165, 1.54) is 31.2 Å². The van der Waals surface area contributed by atoms with E-state index in [2.05, 4.69) is 34.7 Å². The zero-order chi connectivity index (χ0) is 14.3. The molecule has 0 atom stereocenters. The van der Waals surface area contributed by atoms with Gasteiger partial charge in [-0.3, -0.25) is 0 Å². The summed E-state index contributed by atoms with van der Waals surface area (Å²) in [6, 6.07) is 10.4. The lowest BCUT2D eigenvalue weighted by Gasteiger charge is -2.11. The Hall–Kier alpha value is -1.65. The van der Waals surface area contributed by atoms with Gasteiger partial charge in [0.25, 0.3) is 0 Å². The van der Waals surface area contributed by atoms with Crippen LogP contribution in [0, 0.1) is 0 Å². The van der Waals surface area contributed by atoms with Gasteiger partial charge in [-0.25, -0.2) is 4.68 Å². The molecule has 1 N–H and O–H groups in total. The van der Waals surface area contributed by atoms with E-state index in [1.54, 1.807) is 6.20 Å². The van der Waals surface area contributed by atoms with E-state index in [0.29, 0.717) is 6.10 Å². The first-order valence-corrected chi connectivity index (χ1v) is 7.83. The summed E-state index contributed by atoms with van der Waals surface area (Å²) in [5.74, 6) is 0. The molecule has 21 heavy (non-hydrogen) atoms. The van der Waals surface area contributed by atoms with Gasteiger partial charge < -0.3 is 10.1 Å². The van der Waals surface area contributed by atoms with E-state index in [4.69, 9.17) is 4.74 Å². The topological polar surface area (TPSA) is 39.1 Å². The van der Waals surface area contributed by atoms with Crippen molar-refractivity contribution in [3.05, 3.63) is 48.3 Å². The second-order valence-electron chi connectivity index (χ2n) is 5.57. The van der Waals surface area contributed by atoms with E-state index in [9.17, 15) is 0 Å². The van der Waals surface area contributed by atoms with Crippen LogP contribution in [0.3, 0.4) is 0 Å². The smallest absolute Gasteiger partial charge is 0.0645 e. The molecule has 1 heterocycles. The summed E-state index contributed by atoms with van der Waals surface area (Å²) in [5, 5.41) is 7.66. The molecule has 0 amide bonds. The van der Waals surface area contributed by atoms with Gasteiger partial charge in [0.2, 0.25) is 0 Å². The molecule has 1 aliphatic rings. The van der Waals surface area contributed by atoms with Gasteiger partial charge in [-0.2, -0.15) is 5.10 Å². The van der Waals surface area contributed by atoms with Crippen molar-refractivity contribution in [2.24, 2.45) is 0 Å². The Kier molecular flexibility index (Phi) is 5.03. The van der Waals surface area contributed by atoms with Gasteiger partial charge in [-0.1, -0.05) is 25.0 Å². The van der Waals surface area contributed by atoms with Crippen molar-refractivity contribution in [1.29, 1.82) is 0 Å². The first kappa shape index (κ1) is 14.3. The first-order chi connectivity index (χ1) is 10.4.